The first-order valence-electron chi connectivity index (χ1n) is 13.3. The quantitative estimate of drug-likeness (QED) is 0.163. The Morgan fingerprint density at radius 1 is 0.955 bits per heavy atom. The lowest BCUT2D eigenvalue weighted by Gasteiger charge is -2.17. The molecule has 1 aromatic heterocycles. The molecular formula is C32H24ClF4N3O4. The van der Waals surface area contributed by atoms with Crippen LogP contribution in [0.3, 0.4) is 0 Å². The van der Waals surface area contributed by atoms with E-state index in [1.807, 2.05) is 19.1 Å². The van der Waals surface area contributed by atoms with Crippen molar-refractivity contribution in [1.82, 2.24) is 15.1 Å². The number of benzene rings is 4. The summed E-state index contributed by atoms with van der Waals surface area (Å²) in [5.74, 6) is -2.32. The Morgan fingerprint density at radius 2 is 1.64 bits per heavy atom. The van der Waals surface area contributed by atoms with Crippen LogP contribution in [0.25, 0.3) is 33.3 Å². The summed E-state index contributed by atoms with van der Waals surface area (Å²) in [6, 6.07) is 21.8. The number of hydrogen-bond acceptors (Lipinski definition) is 4. The molecule has 44 heavy (non-hydrogen) atoms. The molecule has 0 aliphatic heterocycles. The third-order valence-corrected chi connectivity index (χ3v) is 7.23. The molecule has 2 N–H and O–H groups in total. The topological polar surface area (TPSA) is 93.5 Å². The summed E-state index contributed by atoms with van der Waals surface area (Å²) in [5.41, 5.74) is 3.63. The number of nitrogens with zero attached hydrogens (tertiary/aromatic N) is 2. The van der Waals surface area contributed by atoms with E-state index in [1.165, 1.54) is 30.3 Å². The fraction of sp³-hybridized carbons (Fsp3) is 0.156. The Balaban J connectivity index is 1.51. The lowest BCUT2D eigenvalue weighted by Crippen LogP contribution is -2.26. The molecule has 0 saturated carbocycles. The molecule has 0 unspecified atom stereocenters. The fourth-order valence-corrected chi connectivity index (χ4v) is 4.90. The van der Waals surface area contributed by atoms with Gasteiger partial charge in [0.15, 0.2) is 0 Å². The van der Waals surface area contributed by atoms with E-state index in [2.05, 4.69) is 10.1 Å². The summed E-state index contributed by atoms with van der Waals surface area (Å²) in [5, 5.41) is 17.3. The molecule has 0 bridgehead atoms. The van der Waals surface area contributed by atoms with Crippen LogP contribution in [-0.2, 0) is 4.79 Å². The molecule has 0 aliphatic carbocycles. The maximum absolute atomic E-state index is 13.9. The summed E-state index contributed by atoms with van der Waals surface area (Å²) in [6.07, 6.45) is -5.00. The molecule has 0 spiro atoms. The number of fused-ring (bicyclic) bond motifs is 1. The minimum absolute atomic E-state index is 0.00156. The van der Waals surface area contributed by atoms with E-state index >= 15 is 0 Å². The smallest absolute Gasteiger partial charge is 0.481 e. The Hall–Kier alpha value is -4.90. The van der Waals surface area contributed by atoms with Gasteiger partial charge in [-0.3, -0.25) is 14.3 Å². The minimum Gasteiger partial charge on any atom is -0.481 e. The van der Waals surface area contributed by atoms with Gasteiger partial charge in [0, 0.05) is 23.2 Å². The number of amides is 1. The molecule has 5 aromatic rings. The van der Waals surface area contributed by atoms with E-state index in [0.717, 1.165) is 11.1 Å². The molecule has 12 heteroatoms. The Kier molecular flexibility index (Phi) is 8.59. The van der Waals surface area contributed by atoms with Crippen LogP contribution >= 0.6 is 11.6 Å². The second kappa shape index (κ2) is 12.4. The van der Waals surface area contributed by atoms with E-state index < -0.39 is 24.1 Å². The van der Waals surface area contributed by atoms with Crippen LogP contribution in [0.5, 0.6) is 5.75 Å². The zero-order chi connectivity index (χ0) is 31.6. The predicted octanol–water partition coefficient (Wildman–Crippen LogP) is 7.88. The predicted molar refractivity (Wildman–Crippen MR) is 157 cm³/mol. The van der Waals surface area contributed by atoms with E-state index in [1.54, 1.807) is 47.1 Å². The highest BCUT2D eigenvalue weighted by molar-refractivity contribution is 6.31. The van der Waals surface area contributed by atoms with Gasteiger partial charge < -0.3 is 15.2 Å². The van der Waals surface area contributed by atoms with Crippen LogP contribution in [0.4, 0.5) is 17.6 Å². The van der Waals surface area contributed by atoms with Crippen molar-refractivity contribution < 1.29 is 37.0 Å². The standard InChI is InChI=1S/C32H24ClF4N3O4/c1-18(19-2-4-20(5-3-19)31(43)38-13-12-30(41)42)40-29(17-28(39-40)23-9-11-27(34)26(33)16-23)24-7-6-22-15-25(44-32(35,36)37)10-8-21(22)14-24/h2-11,14-18H,12-13H2,1H3,(H,38,43)(H,41,42)/t18-/m0/s1. The lowest BCUT2D eigenvalue weighted by molar-refractivity contribution is -0.274. The summed E-state index contributed by atoms with van der Waals surface area (Å²) in [4.78, 5) is 23.1. The highest BCUT2D eigenvalue weighted by Crippen LogP contribution is 2.35. The molecule has 0 aliphatic rings. The van der Waals surface area contributed by atoms with Gasteiger partial charge in [0.05, 0.1) is 28.9 Å². The number of alkyl halides is 3. The zero-order valence-corrected chi connectivity index (χ0v) is 23.8. The largest absolute Gasteiger partial charge is 0.573 e. The number of hydrogen-bond donors (Lipinski definition) is 2. The number of carboxylic acid groups (broad SMARTS) is 1. The summed E-state index contributed by atoms with van der Waals surface area (Å²) >= 11 is 6.04. The van der Waals surface area contributed by atoms with Gasteiger partial charge in [-0.15, -0.1) is 13.2 Å². The first kappa shape index (κ1) is 30.6. The highest BCUT2D eigenvalue weighted by atomic mass is 35.5. The highest BCUT2D eigenvalue weighted by Gasteiger charge is 2.31. The molecule has 1 atom stereocenters. The fourth-order valence-electron chi connectivity index (χ4n) is 4.72. The first-order chi connectivity index (χ1) is 20.9. The van der Waals surface area contributed by atoms with Crippen molar-refractivity contribution in [1.29, 1.82) is 0 Å². The van der Waals surface area contributed by atoms with Crippen LogP contribution in [0.1, 0.15) is 35.3 Å². The van der Waals surface area contributed by atoms with Crippen LogP contribution < -0.4 is 10.1 Å². The van der Waals surface area contributed by atoms with Gasteiger partial charge in [-0.05, 0) is 77.9 Å². The average Bonchev–Trinajstić information content (AvgIpc) is 3.42. The third kappa shape index (κ3) is 7.00. The number of carbonyl (C=O) groups excluding carboxylic acids is 1. The minimum atomic E-state index is -4.81. The second-order valence-electron chi connectivity index (χ2n) is 9.96. The van der Waals surface area contributed by atoms with Crippen LogP contribution in [0, 0.1) is 5.82 Å². The average molecular weight is 626 g/mol. The monoisotopic (exact) mass is 625 g/mol. The number of nitrogens with one attached hydrogen (secondary N) is 1. The number of rotatable bonds is 9. The summed E-state index contributed by atoms with van der Waals surface area (Å²) in [6.45, 7) is 1.91. The third-order valence-electron chi connectivity index (χ3n) is 6.94. The molecule has 0 radical (unpaired) electrons. The van der Waals surface area contributed by atoms with E-state index in [4.69, 9.17) is 21.8 Å². The van der Waals surface area contributed by atoms with E-state index in [9.17, 15) is 27.2 Å². The van der Waals surface area contributed by atoms with Crippen molar-refractivity contribution in [3.05, 3.63) is 107 Å². The molecule has 0 fully saturated rings. The molecule has 7 nitrogen and oxygen atoms in total. The van der Waals surface area contributed by atoms with Gasteiger partial charge in [0.1, 0.15) is 11.6 Å². The Bertz CT molecular complexity index is 1860. The Labute approximate surface area is 253 Å². The molecule has 1 heterocycles. The van der Waals surface area contributed by atoms with Crippen LogP contribution in [0.15, 0.2) is 84.9 Å². The maximum Gasteiger partial charge on any atom is 0.573 e. The number of halogens is 5. The molecule has 1 amide bonds. The summed E-state index contributed by atoms with van der Waals surface area (Å²) in [7, 11) is 0. The van der Waals surface area contributed by atoms with Crippen molar-refractivity contribution in [2.45, 2.75) is 25.7 Å². The molecule has 4 aromatic carbocycles. The van der Waals surface area contributed by atoms with Crippen molar-refractivity contribution in [2.24, 2.45) is 0 Å². The van der Waals surface area contributed by atoms with Gasteiger partial charge in [0.25, 0.3) is 5.91 Å². The number of aromatic nitrogens is 2. The van der Waals surface area contributed by atoms with Gasteiger partial charge in [-0.2, -0.15) is 5.10 Å². The van der Waals surface area contributed by atoms with E-state index in [0.29, 0.717) is 33.3 Å². The number of carbonyl (C=O) groups is 2. The first-order valence-corrected chi connectivity index (χ1v) is 13.7. The van der Waals surface area contributed by atoms with Gasteiger partial charge >= 0.3 is 12.3 Å². The molecule has 5 rings (SSSR count). The zero-order valence-electron chi connectivity index (χ0n) is 23.0. The second-order valence-corrected chi connectivity index (χ2v) is 10.4. The van der Waals surface area contributed by atoms with Crippen molar-refractivity contribution in [3.8, 4) is 28.3 Å². The van der Waals surface area contributed by atoms with Gasteiger partial charge in [-0.1, -0.05) is 41.9 Å². The van der Waals surface area contributed by atoms with Gasteiger partial charge in [0.2, 0.25) is 0 Å². The normalized spacial score (nSPS) is 12.2. The number of carboxylic acids is 1. The van der Waals surface area contributed by atoms with Crippen LogP contribution in [0.2, 0.25) is 5.02 Å². The number of aliphatic carboxylic acids is 1. The molecular weight excluding hydrogens is 602 g/mol. The summed E-state index contributed by atoms with van der Waals surface area (Å²) < 4.78 is 57.8. The molecule has 226 valence electrons. The van der Waals surface area contributed by atoms with Crippen molar-refractivity contribution in [2.75, 3.05) is 6.54 Å². The van der Waals surface area contributed by atoms with Crippen molar-refractivity contribution in [3.63, 3.8) is 0 Å². The van der Waals surface area contributed by atoms with Crippen molar-refractivity contribution >= 4 is 34.2 Å². The maximum atomic E-state index is 13.9. The Morgan fingerprint density at radius 3 is 2.32 bits per heavy atom. The molecule has 0 saturated heterocycles. The SMILES string of the molecule is C[C@@H](c1ccc(C(=O)NCCC(=O)O)cc1)n1nc(-c2ccc(F)c(Cl)c2)cc1-c1ccc2cc(OC(F)(F)F)ccc2c1. The number of ether oxygens (including phenoxy) is 1. The lowest BCUT2D eigenvalue weighted by atomic mass is 10.0. The van der Waals surface area contributed by atoms with E-state index in [-0.39, 0.29) is 29.8 Å². The van der Waals surface area contributed by atoms with Gasteiger partial charge in [-0.25, -0.2) is 4.39 Å². The van der Waals surface area contributed by atoms with Crippen LogP contribution in [-0.4, -0.2) is 39.7 Å².